The zero-order valence-electron chi connectivity index (χ0n) is 14.2. The molecule has 2 unspecified atom stereocenters. The molecule has 0 amide bonds. The number of phenolic OH excluding ortho intramolecular Hbond substituents is 1. The number of nitrogens with zero attached hydrogens (tertiary/aromatic N) is 3. The Kier molecular flexibility index (Phi) is 4.30. The van der Waals surface area contributed by atoms with Crippen LogP contribution in [0.4, 0.5) is 5.69 Å². The largest absolute Gasteiger partial charge is 0.502 e. The maximum atomic E-state index is 11.1. The third-order valence-corrected chi connectivity index (χ3v) is 5.12. The minimum atomic E-state index is -0.557. The number of nitro benzene ring substituents is 1. The van der Waals surface area contributed by atoms with Gasteiger partial charge in [0.1, 0.15) is 0 Å². The van der Waals surface area contributed by atoms with Gasteiger partial charge >= 0.3 is 5.69 Å². The van der Waals surface area contributed by atoms with Crippen LogP contribution in [-0.2, 0) is 6.54 Å². The van der Waals surface area contributed by atoms with Gasteiger partial charge in [-0.2, -0.15) is 5.10 Å². The van der Waals surface area contributed by atoms with Crippen LogP contribution in [0.3, 0.4) is 0 Å². The van der Waals surface area contributed by atoms with Gasteiger partial charge in [-0.1, -0.05) is 36.4 Å². The molecular formula is C19H20N4O3. The van der Waals surface area contributed by atoms with E-state index in [1.807, 2.05) is 18.2 Å². The Morgan fingerprint density at radius 1 is 1.27 bits per heavy atom. The summed E-state index contributed by atoms with van der Waals surface area (Å²) in [4.78, 5) is 13.0. The van der Waals surface area contributed by atoms with Gasteiger partial charge in [-0.15, -0.1) is 0 Å². The van der Waals surface area contributed by atoms with Crippen molar-refractivity contribution in [1.82, 2.24) is 10.3 Å². The van der Waals surface area contributed by atoms with Crippen molar-refractivity contribution in [3.05, 3.63) is 69.8 Å². The van der Waals surface area contributed by atoms with E-state index in [0.717, 1.165) is 37.3 Å². The lowest BCUT2D eigenvalue weighted by molar-refractivity contribution is -0.385. The fourth-order valence-corrected chi connectivity index (χ4v) is 3.78. The van der Waals surface area contributed by atoms with E-state index < -0.39 is 4.92 Å². The lowest BCUT2D eigenvalue weighted by atomic mass is 9.86. The number of hydrogen-bond donors (Lipinski definition) is 2. The second kappa shape index (κ2) is 6.76. The monoisotopic (exact) mass is 352 g/mol. The first-order valence-electron chi connectivity index (χ1n) is 8.67. The quantitative estimate of drug-likeness (QED) is 0.652. The standard InChI is InChI=1S/C19H20N4O3/c24-18-7-6-14(10-17(18)23(25)26)19-15-12-22(9-8-16(15)20-21-19)11-13-4-2-1-3-5-13/h1-7,10,15,19,21,24H,8-9,11-12H2. The average molecular weight is 352 g/mol. The molecule has 2 heterocycles. The van der Waals surface area contributed by atoms with Crippen molar-refractivity contribution >= 4 is 11.4 Å². The van der Waals surface area contributed by atoms with Gasteiger partial charge in [-0.25, -0.2) is 0 Å². The van der Waals surface area contributed by atoms with Crippen LogP contribution in [-0.4, -0.2) is 33.7 Å². The molecule has 7 nitrogen and oxygen atoms in total. The SMILES string of the molecule is O=[N+]([O-])c1cc(C2NN=C3CCN(Cc4ccccc4)CC32)ccc1O. The highest BCUT2D eigenvalue weighted by Gasteiger charge is 2.37. The van der Waals surface area contributed by atoms with E-state index in [-0.39, 0.29) is 23.4 Å². The lowest BCUT2D eigenvalue weighted by Crippen LogP contribution is -2.41. The second-order valence-corrected chi connectivity index (χ2v) is 6.79. The highest BCUT2D eigenvalue weighted by Crippen LogP contribution is 2.36. The molecular weight excluding hydrogens is 332 g/mol. The van der Waals surface area contributed by atoms with Gasteiger partial charge in [0.15, 0.2) is 5.75 Å². The van der Waals surface area contributed by atoms with Crippen molar-refractivity contribution in [1.29, 1.82) is 0 Å². The second-order valence-electron chi connectivity index (χ2n) is 6.79. The molecule has 134 valence electrons. The fraction of sp³-hybridized carbons (Fsp3) is 0.316. The number of aromatic hydroxyl groups is 1. The molecule has 0 spiro atoms. The van der Waals surface area contributed by atoms with Crippen molar-refractivity contribution in [3.8, 4) is 5.75 Å². The third-order valence-electron chi connectivity index (χ3n) is 5.12. The summed E-state index contributed by atoms with van der Waals surface area (Å²) in [7, 11) is 0. The molecule has 0 radical (unpaired) electrons. The Labute approximate surface area is 151 Å². The van der Waals surface area contributed by atoms with E-state index in [9.17, 15) is 15.2 Å². The molecule has 4 rings (SSSR count). The molecule has 2 aromatic rings. The average Bonchev–Trinajstić information content (AvgIpc) is 3.06. The minimum Gasteiger partial charge on any atom is -0.502 e. The van der Waals surface area contributed by atoms with Crippen LogP contribution in [0.15, 0.2) is 53.6 Å². The van der Waals surface area contributed by atoms with Gasteiger partial charge in [0.25, 0.3) is 0 Å². The molecule has 2 aliphatic rings. The number of rotatable bonds is 4. The molecule has 0 saturated carbocycles. The van der Waals surface area contributed by atoms with Gasteiger partial charge in [0.2, 0.25) is 0 Å². The Bertz CT molecular complexity index is 853. The summed E-state index contributed by atoms with van der Waals surface area (Å²) >= 11 is 0. The van der Waals surface area contributed by atoms with Gasteiger partial charge in [0.05, 0.1) is 11.0 Å². The maximum Gasteiger partial charge on any atom is 0.311 e. The van der Waals surface area contributed by atoms with Crippen LogP contribution in [0.2, 0.25) is 0 Å². The molecule has 2 aromatic carbocycles. The molecule has 7 heteroatoms. The Balaban J connectivity index is 1.53. The highest BCUT2D eigenvalue weighted by atomic mass is 16.6. The normalized spacial score (nSPS) is 22.4. The van der Waals surface area contributed by atoms with Gasteiger partial charge in [-0.05, 0) is 17.2 Å². The number of likely N-dealkylation sites (tertiary alicyclic amines) is 1. The zero-order chi connectivity index (χ0) is 18.1. The molecule has 2 aliphatic heterocycles. The number of nitrogens with one attached hydrogen (secondary N) is 1. The number of piperidine rings is 1. The van der Waals surface area contributed by atoms with Gasteiger partial charge in [-0.3, -0.25) is 15.0 Å². The van der Waals surface area contributed by atoms with Gasteiger partial charge in [0, 0.05) is 43.8 Å². The van der Waals surface area contributed by atoms with Gasteiger partial charge < -0.3 is 10.5 Å². The lowest BCUT2D eigenvalue weighted by Gasteiger charge is -2.33. The molecule has 0 bridgehead atoms. The maximum absolute atomic E-state index is 11.1. The topological polar surface area (TPSA) is 91.0 Å². The summed E-state index contributed by atoms with van der Waals surface area (Å²) in [6.45, 7) is 2.68. The van der Waals surface area contributed by atoms with Crippen LogP contribution in [0.25, 0.3) is 0 Å². The Morgan fingerprint density at radius 2 is 2.08 bits per heavy atom. The van der Waals surface area contributed by atoms with Crippen LogP contribution < -0.4 is 5.43 Å². The molecule has 26 heavy (non-hydrogen) atoms. The molecule has 1 fully saturated rings. The summed E-state index contributed by atoms with van der Waals surface area (Å²) in [6, 6.07) is 14.8. The Morgan fingerprint density at radius 3 is 2.85 bits per heavy atom. The summed E-state index contributed by atoms with van der Waals surface area (Å²) < 4.78 is 0. The Hall–Kier alpha value is -2.93. The molecule has 2 atom stereocenters. The van der Waals surface area contributed by atoms with E-state index in [1.165, 1.54) is 17.7 Å². The number of hydrazone groups is 1. The van der Waals surface area contributed by atoms with E-state index in [0.29, 0.717) is 0 Å². The summed E-state index contributed by atoms with van der Waals surface area (Å²) in [5, 5.41) is 25.3. The van der Waals surface area contributed by atoms with Crippen LogP contribution >= 0.6 is 0 Å². The predicted molar refractivity (Wildman–Crippen MR) is 97.9 cm³/mol. The van der Waals surface area contributed by atoms with Crippen LogP contribution in [0.1, 0.15) is 23.6 Å². The fourth-order valence-electron chi connectivity index (χ4n) is 3.78. The van der Waals surface area contributed by atoms with E-state index in [4.69, 9.17) is 0 Å². The molecule has 0 aliphatic carbocycles. The van der Waals surface area contributed by atoms with E-state index >= 15 is 0 Å². The van der Waals surface area contributed by atoms with E-state index in [1.54, 1.807) is 6.07 Å². The molecule has 2 N–H and O–H groups in total. The zero-order valence-corrected chi connectivity index (χ0v) is 14.2. The van der Waals surface area contributed by atoms with Crippen molar-refractivity contribution in [3.63, 3.8) is 0 Å². The van der Waals surface area contributed by atoms with Crippen molar-refractivity contribution in [2.24, 2.45) is 11.0 Å². The summed E-state index contributed by atoms with van der Waals surface area (Å²) in [5.74, 6) is -0.135. The highest BCUT2D eigenvalue weighted by molar-refractivity contribution is 5.90. The van der Waals surface area contributed by atoms with Crippen molar-refractivity contribution < 1.29 is 10.0 Å². The molecule has 0 aromatic heterocycles. The first kappa shape index (κ1) is 16.5. The first-order chi connectivity index (χ1) is 12.6. The third kappa shape index (κ3) is 3.13. The van der Waals surface area contributed by atoms with Crippen LogP contribution in [0, 0.1) is 16.0 Å². The van der Waals surface area contributed by atoms with E-state index in [2.05, 4.69) is 27.6 Å². The minimum absolute atomic E-state index is 0.108. The van der Waals surface area contributed by atoms with Crippen molar-refractivity contribution in [2.75, 3.05) is 13.1 Å². The predicted octanol–water partition coefficient (Wildman–Crippen LogP) is 2.82. The smallest absolute Gasteiger partial charge is 0.311 e. The number of nitro groups is 1. The van der Waals surface area contributed by atoms with Crippen LogP contribution in [0.5, 0.6) is 5.75 Å². The molecule has 1 saturated heterocycles. The summed E-state index contributed by atoms with van der Waals surface area (Å²) in [5.41, 5.74) is 6.04. The number of phenols is 1. The first-order valence-corrected chi connectivity index (χ1v) is 8.67. The van der Waals surface area contributed by atoms with Crippen molar-refractivity contribution in [2.45, 2.75) is 19.0 Å². The summed E-state index contributed by atoms with van der Waals surface area (Å²) in [6.07, 6.45) is 0.890. The number of hydrogen-bond acceptors (Lipinski definition) is 6. The number of benzene rings is 2. The number of fused-ring (bicyclic) bond motifs is 1.